The fraction of sp³-hybridized carbons (Fsp3) is 0.360. The van der Waals surface area contributed by atoms with E-state index in [1.807, 2.05) is 37.5 Å². The van der Waals surface area contributed by atoms with Crippen LogP contribution >= 0.6 is 0 Å². The van der Waals surface area contributed by atoms with E-state index in [4.69, 9.17) is 10.7 Å². The maximum absolute atomic E-state index is 10.1. The van der Waals surface area contributed by atoms with Gasteiger partial charge in [0, 0.05) is 36.9 Å². The van der Waals surface area contributed by atoms with Crippen molar-refractivity contribution in [2.45, 2.75) is 51.2 Å². The molecule has 1 aliphatic carbocycles. The minimum atomic E-state index is -0.0101. The first-order valence-electron chi connectivity index (χ1n) is 11.8. The minimum Gasteiger partial charge on any atom is -0.507 e. The SMILES string of the molecule is CC(N)CNc1nc(NCc2ccc(-c3ccccc3O)nc2)c2ncn(C3CCCC3)c2n1. The number of pyridine rings is 1. The van der Waals surface area contributed by atoms with Crippen LogP contribution in [0.4, 0.5) is 11.8 Å². The molecule has 1 saturated carbocycles. The monoisotopic (exact) mass is 458 g/mol. The number of anilines is 2. The summed E-state index contributed by atoms with van der Waals surface area (Å²) in [4.78, 5) is 18.6. The highest BCUT2D eigenvalue weighted by Gasteiger charge is 2.22. The van der Waals surface area contributed by atoms with Crippen LogP contribution in [0.2, 0.25) is 0 Å². The molecule has 176 valence electrons. The highest BCUT2D eigenvalue weighted by atomic mass is 16.3. The maximum atomic E-state index is 10.1. The number of benzene rings is 1. The van der Waals surface area contributed by atoms with E-state index in [1.165, 1.54) is 12.8 Å². The largest absolute Gasteiger partial charge is 0.507 e. The van der Waals surface area contributed by atoms with Gasteiger partial charge in [0.1, 0.15) is 5.75 Å². The predicted octanol–water partition coefficient (Wildman–Crippen LogP) is 4.08. The van der Waals surface area contributed by atoms with Gasteiger partial charge in [-0.2, -0.15) is 9.97 Å². The van der Waals surface area contributed by atoms with E-state index in [2.05, 4.69) is 30.2 Å². The number of rotatable bonds is 8. The second-order valence-electron chi connectivity index (χ2n) is 8.94. The molecule has 5 rings (SSSR count). The van der Waals surface area contributed by atoms with E-state index in [0.29, 0.717) is 36.5 Å². The molecule has 0 amide bonds. The van der Waals surface area contributed by atoms with Gasteiger partial charge in [-0.25, -0.2) is 4.98 Å². The van der Waals surface area contributed by atoms with E-state index in [1.54, 1.807) is 18.3 Å². The lowest BCUT2D eigenvalue weighted by Gasteiger charge is -2.14. The smallest absolute Gasteiger partial charge is 0.226 e. The molecule has 1 unspecified atom stereocenters. The van der Waals surface area contributed by atoms with Crippen LogP contribution in [0, 0.1) is 0 Å². The van der Waals surface area contributed by atoms with Crippen molar-refractivity contribution < 1.29 is 5.11 Å². The molecule has 34 heavy (non-hydrogen) atoms. The van der Waals surface area contributed by atoms with Crippen LogP contribution in [0.5, 0.6) is 5.75 Å². The second kappa shape index (κ2) is 9.64. The summed E-state index contributed by atoms with van der Waals surface area (Å²) < 4.78 is 2.19. The topological polar surface area (TPSA) is 127 Å². The number of hydrogen-bond acceptors (Lipinski definition) is 8. The van der Waals surface area contributed by atoms with Crippen molar-refractivity contribution in [2.24, 2.45) is 5.73 Å². The second-order valence-corrected chi connectivity index (χ2v) is 8.94. The number of nitrogens with zero attached hydrogens (tertiary/aromatic N) is 5. The molecule has 0 bridgehead atoms. The Labute approximate surface area is 198 Å². The molecule has 0 radical (unpaired) electrons. The molecule has 9 heteroatoms. The number of nitrogens with two attached hydrogens (primary N) is 1. The summed E-state index contributed by atoms with van der Waals surface area (Å²) in [5.74, 6) is 1.44. The molecule has 0 aliphatic heterocycles. The van der Waals surface area contributed by atoms with Crippen molar-refractivity contribution >= 4 is 22.9 Å². The number of phenols is 1. The van der Waals surface area contributed by atoms with Crippen LogP contribution in [0.3, 0.4) is 0 Å². The number of aromatic hydroxyl groups is 1. The van der Waals surface area contributed by atoms with E-state index in [9.17, 15) is 5.11 Å². The van der Waals surface area contributed by atoms with Crippen molar-refractivity contribution in [3.8, 4) is 17.0 Å². The Balaban J connectivity index is 1.39. The van der Waals surface area contributed by atoms with E-state index in [0.717, 1.165) is 35.3 Å². The molecule has 3 heterocycles. The number of fused-ring (bicyclic) bond motifs is 1. The van der Waals surface area contributed by atoms with Gasteiger partial charge in [0.2, 0.25) is 5.95 Å². The Kier molecular flexibility index (Phi) is 6.27. The van der Waals surface area contributed by atoms with E-state index in [-0.39, 0.29) is 11.8 Å². The Bertz CT molecular complexity index is 1260. The highest BCUT2D eigenvalue weighted by Crippen LogP contribution is 2.33. The molecule has 0 spiro atoms. The molecule has 9 nitrogen and oxygen atoms in total. The molecule has 1 aliphatic rings. The lowest BCUT2D eigenvalue weighted by molar-refractivity contribution is 0.477. The average Bonchev–Trinajstić information content (AvgIpc) is 3.52. The van der Waals surface area contributed by atoms with Crippen LogP contribution in [-0.4, -0.2) is 42.2 Å². The van der Waals surface area contributed by atoms with Crippen molar-refractivity contribution in [2.75, 3.05) is 17.2 Å². The van der Waals surface area contributed by atoms with Crippen molar-refractivity contribution in [1.82, 2.24) is 24.5 Å². The zero-order valence-electron chi connectivity index (χ0n) is 19.3. The van der Waals surface area contributed by atoms with Crippen LogP contribution in [0.15, 0.2) is 48.9 Å². The molecule has 4 aromatic rings. The number of nitrogens with one attached hydrogen (secondary N) is 2. The third-order valence-electron chi connectivity index (χ3n) is 6.19. The Morgan fingerprint density at radius 2 is 1.91 bits per heavy atom. The number of para-hydroxylation sites is 1. The average molecular weight is 459 g/mol. The molecule has 3 aromatic heterocycles. The van der Waals surface area contributed by atoms with Gasteiger partial charge < -0.3 is 26.0 Å². The van der Waals surface area contributed by atoms with Gasteiger partial charge in [-0.3, -0.25) is 4.98 Å². The Morgan fingerprint density at radius 3 is 2.65 bits per heavy atom. The summed E-state index contributed by atoms with van der Waals surface area (Å²) in [6, 6.07) is 11.5. The van der Waals surface area contributed by atoms with Crippen molar-refractivity contribution in [1.29, 1.82) is 0 Å². The number of aromatic nitrogens is 5. The zero-order valence-corrected chi connectivity index (χ0v) is 19.3. The van der Waals surface area contributed by atoms with Gasteiger partial charge in [0.15, 0.2) is 17.0 Å². The summed E-state index contributed by atoms with van der Waals surface area (Å²) in [6.07, 6.45) is 8.46. The van der Waals surface area contributed by atoms with Crippen LogP contribution in [-0.2, 0) is 6.54 Å². The van der Waals surface area contributed by atoms with E-state index >= 15 is 0 Å². The molecule has 1 fully saturated rings. The Morgan fingerprint density at radius 1 is 1.09 bits per heavy atom. The Hall–Kier alpha value is -3.72. The quantitative estimate of drug-likeness (QED) is 0.311. The van der Waals surface area contributed by atoms with Crippen molar-refractivity contribution in [3.05, 3.63) is 54.5 Å². The summed E-state index contributed by atoms with van der Waals surface area (Å²) in [7, 11) is 0. The van der Waals surface area contributed by atoms with E-state index < -0.39 is 0 Å². The zero-order chi connectivity index (χ0) is 23.5. The first-order valence-corrected chi connectivity index (χ1v) is 11.8. The molecular formula is C25H30N8O. The first kappa shape index (κ1) is 22.1. The lowest BCUT2D eigenvalue weighted by Crippen LogP contribution is -2.26. The lowest BCUT2D eigenvalue weighted by atomic mass is 10.1. The summed E-state index contributed by atoms with van der Waals surface area (Å²) in [5, 5.41) is 16.7. The number of hydrogen-bond donors (Lipinski definition) is 4. The number of phenolic OH excluding ortho intramolecular Hbond substituents is 1. The van der Waals surface area contributed by atoms with Gasteiger partial charge >= 0.3 is 0 Å². The first-order chi connectivity index (χ1) is 16.6. The third-order valence-corrected chi connectivity index (χ3v) is 6.19. The fourth-order valence-corrected chi connectivity index (χ4v) is 4.39. The fourth-order valence-electron chi connectivity index (χ4n) is 4.39. The predicted molar refractivity (Wildman–Crippen MR) is 134 cm³/mol. The standard InChI is InChI=1S/C25H30N8O/c1-16(26)12-29-25-31-23(22-24(32-25)33(15-30-22)18-6-2-3-7-18)28-14-17-10-11-20(27-13-17)19-8-4-5-9-21(19)34/h4-5,8-11,13,15-16,18,34H,2-3,6-7,12,14,26H2,1H3,(H2,28,29,31,32). The summed E-state index contributed by atoms with van der Waals surface area (Å²) in [5.41, 5.74) is 9.95. The number of imidazole rings is 1. The van der Waals surface area contributed by atoms with Crippen molar-refractivity contribution in [3.63, 3.8) is 0 Å². The molecule has 1 atom stereocenters. The summed E-state index contributed by atoms with van der Waals surface area (Å²) >= 11 is 0. The normalized spacial score (nSPS) is 15.0. The van der Waals surface area contributed by atoms with Crippen LogP contribution in [0.1, 0.15) is 44.2 Å². The van der Waals surface area contributed by atoms with Gasteiger partial charge in [-0.1, -0.05) is 31.0 Å². The molecule has 0 saturated heterocycles. The minimum absolute atomic E-state index is 0.0101. The van der Waals surface area contributed by atoms with Gasteiger partial charge in [0.05, 0.1) is 12.0 Å². The van der Waals surface area contributed by atoms with Gasteiger partial charge in [-0.05, 0) is 43.5 Å². The maximum Gasteiger partial charge on any atom is 0.226 e. The van der Waals surface area contributed by atoms with Gasteiger partial charge in [0.25, 0.3) is 0 Å². The molecule has 5 N–H and O–H groups in total. The highest BCUT2D eigenvalue weighted by molar-refractivity contribution is 5.84. The van der Waals surface area contributed by atoms with Crippen LogP contribution in [0.25, 0.3) is 22.4 Å². The van der Waals surface area contributed by atoms with Crippen LogP contribution < -0.4 is 16.4 Å². The molecular weight excluding hydrogens is 428 g/mol. The summed E-state index contributed by atoms with van der Waals surface area (Å²) in [6.45, 7) is 3.06. The third kappa shape index (κ3) is 4.65. The van der Waals surface area contributed by atoms with Gasteiger partial charge in [-0.15, -0.1) is 0 Å². The molecule has 1 aromatic carbocycles.